The van der Waals surface area contributed by atoms with E-state index in [-0.39, 0.29) is 17.6 Å². The van der Waals surface area contributed by atoms with Gasteiger partial charge in [0.1, 0.15) is 5.82 Å². The monoisotopic (exact) mass is 551 g/mol. The summed E-state index contributed by atoms with van der Waals surface area (Å²) in [7, 11) is 3.10. The fraction of sp³-hybridized carbons (Fsp3) is 0.364. The molecule has 0 saturated carbocycles. The number of hydrogen-bond donors (Lipinski definition) is 0. The van der Waals surface area contributed by atoms with E-state index in [0.29, 0.717) is 43.1 Å². The zero-order valence-electron chi connectivity index (χ0n) is 18.6. The van der Waals surface area contributed by atoms with E-state index in [2.05, 4.69) is 20.9 Å². The van der Waals surface area contributed by atoms with Crippen LogP contribution in [0.1, 0.15) is 10.4 Å². The summed E-state index contributed by atoms with van der Waals surface area (Å²) in [4.78, 5) is 35.6. The number of anilines is 2. The molecule has 0 radical (unpaired) electrons. The van der Waals surface area contributed by atoms with Gasteiger partial charge in [-0.2, -0.15) is 0 Å². The van der Waals surface area contributed by atoms with Crippen LogP contribution >= 0.6 is 28.1 Å². The van der Waals surface area contributed by atoms with E-state index in [1.54, 1.807) is 36.3 Å². The molecule has 2 aliphatic heterocycles. The van der Waals surface area contributed by atoms with Gasteiger partial charge in [-0.05, 0) is 52.4 Å². The normalized spacial score (nSPS) is 18.1. The van der Waals surface area contributed by atoms with E-state index in [1.807, 2.05) is 4.90 Å². The molecule has 2 aliphatic rings. The van der Waals surface area contributed by atoms with E-state index in [9.17, 15) is 9.59 Å². The third-order valence-corrected chi connectivity index (χ3v) is 6.68. The summed E-state index contributed by atoms with van der Waals surface area (Å²) < 4.78 is 26.1. The fourth-order valence-corrected chi connectivity index (χ4v) is 4.39. The lowest BCUT2D eigenvalue weighted by molar-refractivity contribution is 0.0677. The number of methoxy groups -OCH3 is 1. The third kappa shape index (κ3) is 4.92. The van der Waals surface area contributed by atoms with Crippen molar-refractivity contribution in [2.75, 3.05) is 56.7 Å². The van der Waals surface area contributed by atoms with Crippen molar-refractivity contribution in [3.8, 4) is 0 Å². The molecular formula is C22H23BrFN5O4S. The van der Waals surface area contributed by atoms with E-state index in [4.69, 9.17) is 21.7 Å². The van der Waals surface area contributed by atoms with Gasteiger partial charge >= 0.3 is 6.09 Å². The number of cyclic esters (lactones) is 1. The van der Waals surface area contributed by atoms with Gasteiger partial charge in [-0.15, -0.1) is 0 Å². The molecule has 0 N–H and O–H groups in total. The number of ether oxygens (including phenoxy) is 2. The van der Waals surface area contributed by atoms with Crippen molar-refractivity contribution in [1.29, 1.82) is 0 Å². The van der Waals surface area contributed by atoms with Crippen molar-refractivity contribution in [2.24, 2.45) is 0 Å². The van der Waals surface area contributed by atoms with Crippen molar-refractivity contribution in [1.82, 2.24) is 14.8 Å². The number of hydrogen-bond acceptors (Lipinski definition) is 7. The summed E-state index contributed by atoms with van der Waals surface area (Å²) in [5.41, 5.74) is 1.31. The van der Waals surface area contributed by atoms with E-state index >= 15 is 4.39 Å². The Kier molecular flexibility index (Phi) is 7.17. The number of nitrogens with zero attached hydrogens (tertiary/aromatic N) is 5. The predicted molar refractivity (Wildman–Crippen MR) is 131 cm³/mol. The lowest BCUT2D eigenvalue weighted by Crippen LogP contribution is -2.49. The van der Waals surface area contributed by atoms with Crippen LogP contribution in [0.25, 0.3) is 0 Å². The number of thiocarbonyl (C=S) groups is 1. The second-order valence-electron chi connectivity index (χ2n) is 7.84. The Morgan fingerprint density at radius 2 is 2.00 bits per heavy atom. The molecule has 34 heavy (non-hydrogen) atoms. The minimum atomic E-state index is -0.631. The number of benzene rings is 1. The number of halogens is 2. The Balaban J connectivity index is 1.40. The van der Waals surface area contributed by atoms with Crippen LogP contribution in [-0.4, -0.2) is 85.1 Å². The number of carbonyl (C=O) groups is 2. The van der Waals surface area contributed by atoms with Gasteiger partial charge in [-0.1, -0.05) is 0 Å². The minimum absolute atomic E-state index is 0.107. The van der Waals surface area contributed by atoms with Gasteiger partial charge in [0.05, 0.1) is 30.6 Å². The molecule has 1 aromatic carbocycles. The molecule has 3 heterocycles. The summed E-state index contributed by atoms with van der Waals surface area (Å²) in [5.74, 6) is -0.560. The number of amides is 2. The van der Waals surface area contributed by atoms with Crippen LogP contribution in [0.5, 0.6) is 0 Å². The summed E-state index contributed by atoms with van der Waals surface area (Å²) in [6, 6.07) is 6.37. The van der Waals surface area contributed by atoms with Crippen LogP contribution in [0.4, 0.5) is 20.6 Å². The molecule has 0 bridgehead atoms. The second-order valence-corrected chi connectivity index (χ2v) is 9.10. The smallest absolute Gasteiger partial charge is 0.416 e. The van der Waals surface area contributed by atoms with Crippen LogP contribution < -0.4 is 9.80 Å². The van der Waals surface area contributed by atoms with Gasteiger partial charge in [0, 0.05) is 50.1 Å². The lowest BCUT2D eigenvalue weighted by Gasteiger charge is -2.36. The molecule has 2 fully saturated rings. The van der Waals surface area contributed by atoms with Gasteiger partial charge in [0.25, 0.3) is 11.1 Å². The molecule has 0 aliphatic carbocycles. The van der Waals surface area contributed by atoms with Gasteiger partial charge in [0.15, 0.2) is 6.23 Å². The molecule has 1 atom stereocenters. The van der Waals surface area contributed by atoms with E-state index in [0.717, 1.165) is 4.47 Å². The number of aromatic nitrogens is 1. The average Bonchev–Trinajstić information content (AvgIpc) is 3.24. The van der Waals surface area contributed by atoms with Crippen molar-refractivity contribution < 1.29 is 23.5 Å². The second kappa shape index (κ2) is 10.1. The molecule has 9 nitrogen and oxygen atoms in total. The Labute approximate surface area is 210 Å². The fourth-order valence-electron chi connectivity index (χ4n) is 3.90. The molecule has 12 heteroatoms. The number of carbonyl (C=O) groups excluding carboxylic acids is 2. The maximum atomic E-state index is 15.1. The number of rotatable bonds is 4. The maximum Gasteiger partial charge on any atom is 0.416 e. The van der Waals surface area contributed by atoms with Gasteiger partial charge in [-0.25, -0.2) is 9.18 Å². The molecule has 180 valence electrons. The molecule has 4 rings (SSSR count). The van der Waals surface area contributed by atoms with Crippen molar-refractivity contribution in [3.63, 3.8) is 0 Å². The molecular weight excluding hydrogens is 529 g/mol. The Hall–Kier alpha value is -2.99. The quantitative estimate of drug-likeness (QED) is 0.536. The van der Waals surface area contributed by atoms with E-state index < -0.39 is 18.1 Å². The summed E-state index contributed by atoms with van der Waals surface area (Å²) >= 11 is 8.40. The Morgan fingerprint density at radius 3 is 2.65 bits per heavy atom. The first-order valence-electron chi connectivity index (χ1n) is 10.5. The molecule has 2 saturated heterocycles. The first kappa shape index (κ1) is 24.1. The molecule has 0 spiro atoms. The van der Waals surface area contributed by atoms with Crippen LogP contribution in [-0.2, 0) is 9.47 Å². The highest BCUT2D eigenvalue weighted by Crippen LogP contribution is 2.29. The standard InChI is InChI=1S/C22H23BrFN5O4S/c1-26(22(34)32-2)19-13-29(21(31)33-19)16-3-4-18(17(24)10-16)27-5-7-28(8-6-27)20(30)14-9-15(23)12-25-11-14/h3-4,9-12,19H,5-8,13H2,1-2H3/t19-/m0/s1. The average molecular weight is 552 g/mol. The first-order valence-corrected chi connectivity index (χ1v) is 11.7. The van der Waals surface area contributed by atoms with Gasteiger partial charge in [0.2, 0.25) is 0 Å². The zero-order valence-corrected chi connectivity index (χ0v) is 21.0. The predicted octanol–water partition coefficient (Wildman–Crippen LogP) is 3.09. The molecule has 2 aromatic rings. The van der Waals surface area contributed by atoms with Gasteiger partial charge in [-0.3, -0.25) is 19.6 Å². The summed E-state index contributed by atoms with van der Waals surface area (Å²) in [6.45, 7) is 2.06. The Bertz CT molecular complexity index is 1110. The zero-order chi connectivity index (χ0) is 24.4. The van der Waals surface area contributed by atoms with Crippen molar-refractivity contribution in [3.05, 3.63) is 52.5 Å². The number of pyridine rings is 1. The number of likely N-dealkylation sites (N-methyl/N-ethyl adjacent to an activating group) is 1. The molecule has 2 amide bonds. The van der Waals surface area contributed by atoms with Gasteiger partial charge < -0.3 is 19.3 Å². The molecule has 0 unspecified atom stereocenters. The van der Waals surface area contributed by atoms with Crippen molar-refractivity contribution >= 4 is 56.7 Å². The lowest BCUT2D eigenvalue weighted by atomic mass is 10.2. The summed E-state index contributed by atoms with van der Waals surface area (Å²) in [5, 5.41) is 0.190. The maximum absolute atomic E-state index is 15.1. The van der Waals surface area contributed by atoms with Crippen LogP contribution in [0.2, 0.25) is 0 Å². The van der Waals surface area contributed by atoms with Crippen LogP contribution in [0, 0.1) is 5.82 Å². The van der Waals surface area contributed by atoms with Crippen LogP contribution in [0.15, 0.2) is 41.1 Å². The Morgan fingerprint density at radius 1 is 1.26 bits per heavy atom. The highest BCUT2D eigenvalue weighted by atomic mass is 79.9. The minimum Gasteiger partial charge on any atom is -0.474 e. The number of piperazine rings is 1. The van der Waals surface area contributed by atoms with E-state index in [1.165, 1.54) is 29.2 Å². The highest BCUT2D eigenvalue weighted by molar-refractivity contribution is 9.10. The van der Waals surface area contributed by atoms with Crippen LogP contribution in [0.3, 0.4) is 0 Å². The SMILES string of the molecule is COC(=S)N(C)[C@@H]1CN(c2ccc(N3CCN(C(=O)c4cncc(Br)c4)CC3)c(F)c2)C(=O)O1. The molecule has 1 aromatic heterocycles. The largest absolute Gasteiger partial charge is 0.474 e. The van der Waals surface area contributed by atoms with Crippen molar-refractivity contribution in [2.45, 2.75) is 6.23 Å². The first-order chi connectivity index (χ1) is 16.3. The highest BCUT2D eigenvalue weighted by Gasteiger charge is 2.36. The summed E-state index contributed by atoms with van der Waals surface area (Å²) in [6.07, 6.45) is 1.94. The third-order valence-electron chi connectivity index (χ3n) is 5.79. The topological polar surface area (TPSA) is 78.5 Å².